The highest BCUT2D eigenvalue weighted by molar-refractivity contribution is 5.99. The number of morpholine rings is 1. The van der Waals surface area contributed by atoms with E-state index >= 15 is 0 Å². The summed E-state index contributed by atoms with van der Waals surface area (Å²) in [4.78, 5) is 36.9. The van der Waals surface area contributed by atoms with Gasteiger partial charge in [0.15, 0.2) is 5.78 Å². The number of rotatable bonds is 7. The molecule has 0 amide bonds. The number of aromatic nitrogens is 3. The van der Waals surface area contributed by atoms with Crippen molar-refractivity contribution in [3.63, 3.8) is 0 Å². The number of nitrogens with zero attached hydrogens (tertiary/aromatic N) is 5. The van der Waals surface area contributed by atoms with E-state index in [1.54, 1.807) is 0 Å². The first kappa shape index (κ1) is 23.5. The van der Waals surface area contributed by atoms with Gasteiger partial charge in [-0.3, -0.25) is 14.2 Å². The van der Waals surface area contributed by atoms with Crippen LogP contribution in [0.2, 0.25) is 0 Å². The molecule has 0 saturated carbocycles. The lowest BCUT2D eigenvalue weighted by atomic mass is 10.1. The fourth-order valence-corrected chi connectivity index (χ4v) is 4.83. The lowest BCUT2D eigenvalue weighted by Gasteiger charge is -2.39. The third-order valence-electron chi connectivity index (χ3n) is 6.51. The average Bonchev–Trinajstić information content (AvgIpc) is 3.46. The summed E-state index contributed by atoms with van der Waals surface area (Å²) in [6.07, 6.45) is -3.08. The van der Waals surface area contributed by atoms with Crippen LogP contribution in [0.1, 0.15) is 23.2 Å². The van der Waals surface area contributed by atoms with Gasteiger partial charge >= 0.3 is 6.18 Å². The highest BCUT2D eigenvalue weighted by atomic mass is 19.4. The molecule has 2 fully saturated rings. The van der Waals surface area contributed by atoms with Gasteiger partial charge in [-0.15, -0.1) is 0 Å². The zero-order valence-corrected chi connectivity index (χ0v) is 18.6. The lowest BCUT2D eigenvalue weighted by Crippen LogP contribution is -2.54. The van der Waals surface area contributed by atoms with Gasteiger partial charge in [-0.1, -0.05) is 0 Å². The van der Waals surface area contributed by atoms with Crippen molar-refractivity contribution in [2.75, 3.05) is 42.8 Å². The van der Waals surface area contributed by atoms with Crippen molar-refractivity contribution in [2.45, 2.75) is 43.8 Å². The number of carbonyl (C=O) groups excluding carboxylic acids is 1. The molecule has 2 bridgehead atoms. The normalized spacial score (nSPS) is 23.5. The quantitative estimate of drug-likeness (QED) is 0.424. The minimum atomic E-state index is -4.64. The molecule has 3 aliphatic heterocycles. The van der Waals surface area contributed by atoms with Crippen molar-refractivity contribution in [1.29, 1.82) is 0 Å². The van der Waals surface area contributed by atoms with Crippen LogP contribution < -0.4 is 20.1 Å². The molecule has 2 saturated heterocycles. The molecule has 5 heterocycles. The number of ketones is 1. The maximum atomic E-state index is 14.0. The van der Waals surface area contributed by atoms with Crippen LogP contribution in [-0.4, -0.2) is 77.7 Å². The predicted octanol–water partition coefficient (Wildman–Crippen LogP) is 1.99. The van der Waals surface area contributed by atoms with E-state index in [1.807, 2.05) is 4.90 Å². The molecule has 2 aromatic heterocycles. The van der Waals surface area contributed by atoms with E-state index in [-0.39, 0.29) is 54.9 Å². The van der Waals surface area contributed by atoms with Gasteiger partial charge in [0.1, 0.15) is 25.1 Å². The fraction of sp³-hybridized carbons (Fsp3) is 0.545. The van der Waals surface area contributed by atoms with E-state index in [0.717, 1.165) is 11.3 Å². The van der Waals surface area contributed by atoms with Gasteiger partial charge in [-0.25, -0.2) is 9.37 Å². The van der Waals surface area contributed by atoms with Crippen molar-refractivity contribution < 1.29 is 31.8 Å². The summed E-state index contributed by atoms with van der Waals surface area (Å²) in [7, 11) is 0. The van der Waals surface area contributed by atoms with Gasteiger partial charge in [-0.05, 0) is 18.9 Å². The van der Waals surface area contributed by atoms with Gasteiger partial charge in [0.2, 0.25) is 11.8 Å². The Bertz CT molecular complexity index is 1160. The third kappa shape index (κ3) is 4.56. The first-order valence-electron chi connectivity index (χ1n) is 11.3. The molecule has 0 radical (unpaired) electrons. The number of hydrogen-bond donors (Lipinski definition) is 0. The second kappa shape index (κ2) is 9.10. The van der Waals surface area contributed by atoms with Crippen LogP contribution >= 0.6 is 0 Å². The minimum absolute atomic E-state index is 0.00514. The molecule has 188 valence electrons. The topological polar surface area (TPSA) is 89.8 Å². The number of halogens is 4. The molecule has 0 unspecified atom stereocenters. The van der Waals surface area contributed by atoms with Gasteiger partial charge in [0, 0.05) is 37.0 Å². The lowest BCUT2D eigenvalue weighted by molar-refractivity contribution is -0.152. The molecule has 35 heavy (non-hydrogen) atoms. The Morgan fingerprint density at radius 1 is 1.29 bits per heavy atom. The molecule has 0 aliphatic carbocycles. The van der Waals surface area contributed by atoms with Gasteiger partial charge in [0.25, 0.3) is 5.56 Å². The van der Waals surface area contributed by atoms with E-state index < -0.39 is 36.8 Å². The fourth-order valence-electron chi connectivity index (χ4n) is 4.83. The molecule has 5 rings (SSSR count). The molecule has 0 spiro atoms. The maximum absolute atomic E-state index is 14.0. The van der Waals surface area contributed by atoms with Crippen molar-refractivity contribution in [3.05, 3.63) is 40.3 Å². The summed E-state index contributed by atoms with van der Waals surface area (Å²) in [5.74, 6) is -0.440. The molecular weight excluding hydrogens is 474 g/mol. The summed E-state index contributed by atoms with van der Waals surface area (Å²) in [6.45, 7) is -0.752. The Kier molecular flexibility index (Phi) is 6.11. The first-order valence-corrected chi connectivity index (χ1v) is 11.3. The summed E-state index contributed by atoms with van der Waals surface area (Å²) >= 11 is 0. The van der Waals surface area contributed by atoms with Gasteiger partial charge in [0.05, 0.1) is 25.3 Å². The van der Waals surface area contributed by atoms with Crippen molar-refractivity contribution in [2.24, 2.45) is 0 Å². The Labute approximate surface area is 197 Å². The van der Waals surface area contributed by atoms with Crippen LogP contribution in [-0.2, 0) is 11.3 Å². The number of hydrogen-bond acceptors (Lipinski definition) is 8. The standard InChI is InChI=1S/C22H23F4N5O4/c23-4-6-34-19-2-1-13(9-27-19)16(32)11-31-17(22(24,25)26)3-5-29-20(33)8-18(28-21(29)31)30-10-15-7-14(30)12-35-15/h1-2,8-9,14-15,17H,3-7,10-12H2/t14-,15+,17-/m0/s1. The number of anilines is 2. The number of pyridine rings is 1. The van der Waals surface area contributed by atoms with E-state index in [2.05, 4.69) is 9.97 Å². The van der Waals surface area contributed by atoms with Gasteiger partial charge in [-0.2, -0.15) is 18.2 Å². The van der Waals surface area contributed by atoms with Crippen LogP contribution in [0.3, 0.4) is 0 Å². The predicted molar refractivity (Wildman–Crippen MR) is 116 cm³/mol. The smallest absolute Gasteiger partial charge is 0.408 e. The largest absolute Gasteiger partial charge is 0.475 e. The number of carbonyl (C=O) groups is 1. The van der Waals surface area contributed by atoms with Crippen molar-refractivity contribution in [3.8, 4) is 5.88 Å². The number of fused-ring (bicyclic) bond motifs is 3. The molecule has 3 aliphatic rings. The van der Waals surface area contributed by atoms with Crippen LogP contribution in [0.25, 0.3) is 0 Å². The van der Waals surface area contributed by atoms with Crippen LogP contribution in [0, 0.1) is 0 Å². The summed E-state index contributed by atoms with van der Waals surface area (Å²) in [5, 5.41) is 0. The van der Waals surface area contributed by atoms with Crippen LogP contribution in [0.4, 0.5) is 29.3 Å². The SMILES string of the molecule is O=C(CN1c2nc(N3C[C@H]4C[C@H]3CO4)cc(=O)n2CC[C@H]1C(F)(F)F)c1ccc(OCCF)nc1. The summed E-state index contributed by atoms with van der Waals surface area (Å²) in [5.41, 5.74) is -0.411. The molecule has 0 N–H and O–H groups in total. The van der Waals surface area contributed by atoms with E-state index in [4.69, 9.17) is 9.47 Å². The molecule has 0 aromatic carbocycles. The number of alkyl halides is 4. The summed E-state index contributed by atoms with van der Waals surface area (Å²) < 4.78 is 66.0. The molecule has 9 nitrogen and oxygen atoms in total. The number of Topliss-reactive ketones (excluding diaryl/α,β-unsaturated/α-hetero) is 1. The highest BCUT2D eigenvalue weighted by Crippen LogP contribution is 2.36. The Balaban J connectivity index is 1.46. The molecule has 13 heteroatoms. The molecular formula is C22H23F4N5O4. The monoisotopic (exact) mass is 497 g/mol. The minimum Gasteiger partial charge on any atom is -0.475 e. The Morgan fingerprint density at radius 3 is 2.74 bits per heavy atom. The number of ether oxygens (including phenoxy) is 2. The van der Waals surface area contributed by atoms with Gasteiger partial charge < -0.3 is 19.3 Å². The zero-order valence-electron chi connectivity index (χ0n) is 18.6. The van der Waals surface area contributed by atoms with Crippen molar-refractivity contribution in [1.82, 2.24) is 14.5 Å². The average molecular weight is 497 g/mol. The summed E-state index contributed by atoms with van der Waals surface area (Å²) in [6, 6.07) is 2.06. The second-order valence-corrected chi connectivity index (χ2v) is 8.72. The second-order valence-electron chi connectivity index (χ2n) is 8.72. The van der Waals surface area contributed by atoms with E-state index in [1.165, 1.54) is 29.0 Å². The Morgan fingerprint density at radius 2 is 2.11 bits per heavy atom. The Hall–Kier alpha value is -3.22. The molecule has 3 atom stereocenters. The molecule has 2 aromatic rings. The van der Waals surface area contributed by atoms with E-state index in [9.17, 15) is 27.2 Å². The van der Waals surface area contributed by atoms with Crippen molar-refractivity contribution >= 4 is 17.5 Å². The van der Waals surface area contributed by atoms with Crippen LogP contribution in [0.5, 0.6) is 5.88 Å². The highest BCUT2D eigenvalue weighted by Gasteiger charge is 2.48. The third-order valence-corrected chi connectivity index (χ3v) is 6.51. The zero-order chi connectivity index (χ0) is 24.7. The van der Waals surface area contributed by atoms with E-state index in [0.29, 0.717) is 13.2 Å². The maximum Gasteiger partial charge on any atom is 0.408 e. The first-order chi connectivity index (χ1) is 16.7. The van der Waals surface area contributed by atoms with Crippen LogP contribution in [0.15, 0.2) is 29.2 Å².